The van der Waals surface area contributed by atoms with E-state index in [0.717, 1.165) is 41.3 Å². The number of phenols is 1. The Kier molecular flexibility index (Phi) is 8.00. The van der Waals surface area contributed by atoms with Gasteiger partial charge < -0.3 is 20.3 Å². The number of unbranched alkanes of at least 4 members (excludes halogenated alkanes) is 1. The average molecular weight is 454 g/mol. The maximum absolute atomic E-state index is 12.7. The number of rotatable bonds is 10. The van der Waals surface area contributed by atoms with Crippen molar-refractivity contribution in [3.8, 4) is 11.5 Å². The second-order valence-electron chi connectivity index (χ2n) is 7.58. The van der Waals surface area contributed by atoms with E-state index in [-0.39, 0.29) is 23.0 Å². The lowest BCUT2D eigenvalue weighted by Gasteiger charge is -2.13. The largest absolute Gasteiger partial charge is 0.506 e. The van der Waals surface area contributed by atoms with Gasteiger partial charge >= 0.3 is 5.97 Å². The van der Waals surface area contributed by atoms with E-state index in [1.54, 1.807) is 24.3 Å². The molecule has 0 atom stereocenters. The summed E-state index contributed by atoms with van der Waals surface area (Å²) in [6.45, 7) is 5.05. The van der Waals surface area contributed by atoms with Crippen LogP contribution in [-0.2, 0) is 4.79 Å². The van der Waals surface area contributed by atoms with Crippen LogP contribution in [0.25, 0.3) is 10.8 Å². The number of fused-ring (bicyclic) bond motifs is 1. The third kappa shape index (κ3) is 5.95. The van der Waals surface area contributed by atoms with Crippen molar-refractivity contribution >= 4 is 34.4 Å². The van der Waals surface area contributed by atoms with Crippen LogP contribution in [0, 0.1) is 13.8 Å². The van der Waals surface area contributed by atoms with Crippen molar-refractivity contribution in [1.29, 1.82) is 0 Å². The van der Waals surface area contributed by atoms with Gasteiger partial charge in [-0.25, -0.2) is 0 Å². The molecule has 0 spiro atoms. The number of thioether (sulfide) groups is 1. The molecule has 0 aromatic heterocycles. The second kappa shape index (κ2) is 10.9. The third-order valence-electron chi connectivity index (χ3n) is 5.02. The van der Waals surface area contributed by atoms with Crippen LogP contribution < -0.4 is 10.1 Å². The summed E-state index contributed by atoms with van der Waals surface area (Å²) >= 11 is 1.13. The van der Waals surface area contributed by atoms with Gasteiger partial charge in [-0.3, -0.25) is 9.59 Å². The molecule has 0 unspecified atom stereocenters. The number of aliphatic carboxylic acids is 1. The second-order valence-corrected chi connectivity index (χ2v) is 8.60. The molecule has 0 saturated heterocycles. The number of phenolic OH excluding ortho intramolecular Hbond substituents is 1. The van der Waals surface area contributed by atoms with E-state index in [1.165, 1.54) is 5.56 Å². The van der Waals surface area contributed by atoms with Crippen molar-refractivity contribution in [2.75, 3.05) is 18.9 Å². The number of ether oxygens (including phenoxy) is 1. The number of carboxylic acids is 1. The highest BCUT2D eigenvalue weighted by molar-refractivity contribution is 8.00. The predicted molar refractivity (Wildman–Crippen MR) is 127 cm³/mol. The first-order valence-corrected chi connectivity index (χ1v) is 11.4. The molecule has 32 heavy (non-hydrogen) atoms. The molecule has 0 aliphatic rings. The maximum atomic E-state index is 12.7. The molecule has 1 amide bonds. The minimum Gasteiger partial charge on any atom is -0.506 e. The number of carbonyl (C=O) groups is 2. The highest BCUT2D eigenvalue weighted by Gasteiger charge is 2.17. The number of amides is 1. The van der Waals surface area contributed by atoms with E-state index < -0.39 is 5.97 Å². The number of carboxylic acid groups (broad SMARTS) is 1. The number of carbonyl (C=O) groups excluding carboxylic acids is 1. The van der Waals surface area contributed by atoms with Gasteiger partial charge in [0.05, 0.1) is 17.9 Å². The van der Waals surface area contributed by atoms with E-state index in [1.807, 2.05) is 32.0 Å². The van der Waals surface area contributed by atoms with Gasteiger partial charge in [0.2, 0.25) is 0 Å². The molecule has 0 radical (unpaired) electrons. The van der Waals surface area contributed by atoms with Gasteiger partial charge in [-0.15, -0.1) is 11.8 Å². The molecule has 0 aliphatic carbocycles. The SMILES string of the molecule is Cc1ccc(OCCCCNC(=O)c2cc(SCC(=O)O)c3ccccc3c2O)c(C)c1. The zero-order valence-corrected chi connectivity index (χ0v) is 19.0. The third-order valence-corrected chi connectivity index (χ3v) is 6.06. The molecule has 3 rings (SSSR count). The molecule has 0 fully saturated rings. The summed E-state index contributed by atoms with van der Waals surface area (Å²) in [5.41, 5.74) is 2.43. The van der Waals surface area contributed by atoms with E-state index in [0.29, 0.717) is 23.4 Å². The van der Waals surface area contributed by atoms with Gasteiger partial charge in [0.15, 0.2) is 0 Å². The highest BCUT2D eigenvalue weighted by atomic mass is 32.2. The van der Waals surface area contributed by atoms with Gasteiger partial charge in [0.25, 0.3) is 5.91 Å². The van der Waals surface area contributed by atoms with Crippen LogP contribution in [0.3, 0.4) is 0 Å². The fourth-order valence-corrected chi connectivity index (χ4v) is 4.24. The van der Waals surface area contributed by atoms with Crippen LogP contribution in [-0.4, -0.2) is 41.0 Å². The molecule has 3 aromatic rings. The fraction of sp³-hybridized carbons (Fsp3) is 0.280. The molecule has 0 bridgehead atoms. The first-order chi connectivity index (χ1) is 15.4. The quantitative estimate of drug-likeness (QED) is 0.298. The Morgan fingerprint density at radius 3 is 2.50 bits per heavy atom. The van der Waals surface area contributed by atoms with Crippen LogP contribution >= 0.6 is 11.8 Å². The minimum atomic E-state index is -0.943. The summed E-state index contributed by atoms with van der Waals surface area (Å²) in [6.07, 6.45) is 1.50. The predicted octanol–water partition coefficient (Wildman–Crippen LogP) is 4.93. The Labute approximate surface area is 191 Å². The van der Waals surface area contributed by atoms with Crippen molar-refractivity contribution in [3.05, 3.63) is 65.2 Å². The van der Waals surface area contributed by atoms with Crippen LogP contribution in [0.1, 0.15) is 34.3 Å². The van der Waals surface area contributed by atoms with Crippen LogP contribution in [0.15, 0.2) is 53.4 Å². The minimum absolute atomic E-state index is 0.101. The lowest BCUT2D eigenvalue weighted by atomic mass is 10.0. The topological polar surface area (TPSA) is 95.9 Å². The molecule has 0 aliphatic heterocycles. The molecule has 0 heterocycles. The highest BCUT2D eigenvalue weighted by Crippen LogP contribution is 2.36. The maximum Gasteiger partial charge on any atom is 0.313 e. The van der Waals surface area contributed by atoms with E-state index in [4.69, 9.17) is 9.84 Å². The Hall–Kier alpha value is -3.19. The molecule has 168 valence electrons. The average Bonchev–Trinajstić information content (AvgIpc) is 2.76. The Morgan fingerprint density at radius 1 is 1.03 bits per heavy atom. The fourth-order valence-electron chi connectivity index (χ4n) is 3.43. The smallest absolute Gasteiger partial charge is 0.313 e. The van der Waals surface area contributed by atoms with Crippen molar-refractivity contribution < 1.29 is 24.5 Å². The van der Waals surface area contributed by atoms with Crippen molar-refractivity contribution in [2.45, 2.75) is 31.6 Å². The Bertz CT molecular complexity index is 1130. The molecule has 7 heteroatoms. The Morgan fingerprint density at radius 2 is 1.78 bits per heavy atom. The van der Waals surface area contributed by atoms with Crippen molar-refractivity contribution in [3.63, 3.8) is 0 Å². The van der Waals surface area contributed by atoms with Crippen LogP contribution in [0.5, 0.6) is 11.5 Å². The molecule has 3 N–H and O–H groups in total. The summed E-state index contributed by atoms with van der Waals surface area (Å²) in [5.74, 6) is -0.694. The molecular formula is C25H27NO5S. The van der Waals surface area contributed by atoms with Gasteiger partial charge in [-0.05, 0) is 49.8 Å². The van der Waals surface area contributed by atoms with Crippen molar-refractivity contribution in [1.82, 2.24) is 5.32 Å². The molecule has 0 saturated carbocycles. The van der Waals surface area contributed by atoms with Crippen molar-refractivity contribution in [2.24, 2.45) is 0 Å². The zero-order chi connectivity index (χ0) is 23.1. The zero-order valence-electron chi connectivity index (χ0n) is 18.2. The normalized spacial score (nSPS) is 10.8. The first-order valence-electron chi connectivity index (χ1n) is 10.4. The first kappa shape index (κ1) is 23.5. The number of hydrogen-bond acceptors (Lipinski definition) is 5. The number of nitrogens with one attached hydrogen (secondary N) is 1. The number of hydrogen-bond donors (Lipinski definition) is 3. The van der Waals surface area contributed by atoms with E-state index in [9.17, 15) is 14.7 Å². The van der Waals surface area contributed by atoms with Gasteiger partial charge in [-0.2, -0.15) is 0 Å². The number of aryl methyl sites for hydroxylation is 2. The summed E-state index contributed by atoms with van der Waals surface area (Å²) in [4.78, 5) is 24.3. The van der Waals surface area contributed by atoms with Gasteiger partial charge in [0.1, 0.15) is 11.5 Å². The van der Waals surface area contributed by atoms with E-state index in [2.05, 4.69) is 11.4 Å². The van der Waals surface area contributed by atoms with Gasteiger partial charge in [-0.1, -0.05) is 42.0 Å². The molecular weight excluding hydrogens is 426 g/mol. The van der Waals surface area contributed by atoms with Crippen LogP contribution in [0.4, 0.5) is 0 Å². The summed E-state index contributed by atoms with van der Waals surface area (Å²) in [6, 6.07) is 14.7. The molecule has 6 nitrogen and oxygen atoms in total. The van der Waals surface area contributed by atoms with Gasteiger partial charge in [0, 0.05) is 16.8 Å². The number of aromatic hydroxyl groups is 1. The lowest BCUT2D eigenvalue weighted by molar-refractivity contribution is -0.133. The summed E-state index contributed by atoms with van der Waals surface area (Å²) in [5, 5.41) is 23.7. The monoisotopic (exact) mass is 453 g/mol. The van der Waals surface area contributed by atoms with E-state index >= 15 is 0 Å². The molecule has 3 aromatic carbocycles. The number of benzene rings is 3. The van der Waals surface area contributed by atoms with Crippen LogP contribution in [0.2, 0.25) is 0 Å². The Balaban J connectivity index is 1.58. The summed E-state index contributed by atoms with van der Waals surface area (Å²) < 4.78 is 5.81. The lowest BCUT2D eigenvalue weighted by Crippen LogP contribution is -2.25. The standard InChI is InChI=1S/C25H27NO5S/c1-16-9-10-21(17(2)13-16)31-12-6-5-11-26-25(30)20-14-22(32-15-23(27)28)18-7-3-4-8-19(18)24(20)29/h3-4,7-10,13-14,29H,5-6,11-12,15H2,1-2H3,(H,26,30)(H,27,28). The summed E-state index contributed by atoms with van der Waals surface area (Å²) in [7, 11) is 0.